The van der Waals surface area contributed by atoms with Crippen LogP contribution in [0.25, 0.3) is 0 Å². The Kier molecular flexibility index (Phi) is 3.53. The molecule has 0 saturated carbocycles. The summed E-state index contributed by atoms with van der Waals surface area (Å²) in [4.78, 5) is 4.76. The molecule has 2 heterocycles. The van der Waals surface area contributed by atoms with Crippen LogP contribution in [0.5, 0.6) is 0 Å². The van der Waals surface area contributed by atoms with Gasteiger partial charge in [-0.3, -0.25) is 0 Å². The molecule has 1 N–H and O–H groups in total. The molecule has 0 radical (unpaired) electrons. The number of hydrogen-bond acceptors (Lipinski definition) is 3. The SMILES string of the molecule is CC(C)(C)CC1COC(C2CCNCC2)=N1. The van der Waals surface area contributed by atoms with E-state index in [9.17, 15) is 0 Å². The van der Waals surface area contributed by atoms with Gasteiger partial charge >= 0.3 is 0 Å². The number of nitrogens with one attached hydrogen (secondary N) is 1. The van der Waals surface area contributed by atoms with Crippen LogP contribution < -0.4 is 5.32 Å². The first-order chi connectivity index (χ1) is 7.54. The van der Waals surface area contributed by atoms with Gasteiger partial charge in [0.05, 0.1) is 6.04 Å². The lowest BCUT2D eigenvalue weighted by Crippen LogP contribution is -2.31. The maximum absolute atomic E-state index is 5.77. The van der Waals surface area contributed by atoms with Gasteiger partial charge in [0.1, 0.15) is 6.61 Å². The lowest BCUT2D eigenvalue weighted by atomic mass is 9.88. The van der Waals surface area contributed by atoms with Gasteiger partial charge < -0.3 is 10.1 Å². The first-order valence-electron chi connectivity index (χ1n) is 6.46. The van der Waals surface area contributed by atoms with E-state index in [-0.39, 0.29) is 0 Å². The van der Waals surface area contributed by atoms with Crippen LogP contribution in [0.3, 0.4) is 0 Å². The number of nitrogens with zero attached hydrogens (tertiary/aromatic N) is 1. The quantitative estimate of drug-likeness (QED) is 0.780. The van der Waals surface area contributed by atoms with Crippen molar-refractivity contribution >= 4 is 5.90 Å². The Morgan fingerprint density at radius 1 is 1.31 bits per heavy atom. The Bertz CT molecular complexity index is 262. The average Bonchev–Trinajstić information content (AvgIpc) is 2.65. The molecule has 0 aromatic heterocycles. The molecule has 1 atom stereocenters. The molecule has 2 aliphatic heterocycles. The lowest BCUT2D eigenvalue weighted by Gasteiger charge is -2.21. The number of hydrogen-bond donors (Lipinski definition) is 1. The van der Waals surface area contributed by atoms with E-state index < -0.39 is 0 Å². The van der Waals surface area contributed by atoms with Crippen LogP contribution in [0.1, 0.15) is 40.0 Å². The highest BCUT2D eigenvalue weighted by molar-refractivity contribution is 5.80. The number of ether oxygens (including phenoxy) is 1. The highest BCUT2D eigenvalue weighted by Gasteiger charge is 2.29. The van der Waals surface area contributed by atoms with Gasteiger partial charge in [-0.15, -0.1) is 0 Å². The molecule has 0 aromatic carbocycles. The average molecular weight is 224 g/mol. The highest BCUT2D eigenvalue weighted by atomic mass is 16.5. The van der Waals surface area contributed by atoms with Crippen LogP contribution in [0.15, 0.2) is 4.99 Å². The minimum absolute atomic E-state index is 0.348. The fourth-order valence-electron chi connectivity index (χ4n) is 2.54. The molecule has 0 amide bonds. The summed E-state index contributed by atoms with van der Waals surface area (Å²) in [6.07, 6.45) is 3.49. The van der Waals surface area contributed by atoms with Crippen molar-refractivity contribution in [3.63, 3.8) is 0 Å². The topological polar surface area (TPSA) is 33.6 Å². The summed E-state index contributed by atoms with van der Waals surface area (Å²) in [5.74, 6) is 1.61. The molecule has 16 heavy (non-hydrogen) atoms. The van der Waals surface area contributed by atoms with Crippen molar-refractivity contribution < 1.29 is 4.74 Å². The first-order valence-corrected chi connectivity index (χ1v) is 6.46. The molecular formula is C13H24N2O. The molecule has 0 spiro atoms. The maximum Gasteiger partial charge on any atom is 0.186 e. The smallest absolute Gasteiger partial charge is 0.186 e. The first kappa shape index (κ1) is 11.9. The Hall–Kier alpha value is -0.570. The lowest BCUT2D eigenvalue weighted by molar-refractivity contribution is 0.252. The number of aliphatic imine (C=N–C) groups is 1. The third kappa shape index (κ3) is 3.21. The van der Waals surface area contributed by atoms with Crippen molar-refractivity contribution in [3.05, 3.63) is 0 Å². The van der Waals surface area contributed by atoms with E-state index in [1.165, 1.54) is 12.8 Å². The molecule has 1 unspecified atom stereocenters. The van der Waals surface area contributed by atoms with E-state index >= 15 is 0 Å². The van der Waals surface area contributed by atoms with E-state index in [1.54, 1.807) is 0 Å². The van der Waals surface area contributed by atoms with Crippen molar-refractivity contribution in [2.75, 3.05) is 19.7 Å². The van der Waals surface area contributed by atoms with E-state index in [4.69, 9.17) is 9.73 Å². The van der Waals surface area contributed by atoms with Gasteiger partial charge in [0.25, 0.3) is 0 Å². The third-order valence-corrected chi connectivity index (χ3v) is 3.27. The molecule has 2 aliphatic rings. The van der Waals surface area contributed by atoms with Crippen LogP contribution in [0.4, 0.5) is 0 Å². The molecule has 0 aliphatic carbocycles. The Morgan fingerprint density at radius 2 is 2.00 bits per heavy atom. The van der Waals surface area contributed by atoms with Crippen LogP contribution >= 0.6 is 0 Å². The zero-order chi connectivity index (χ0) is 11.6. The van der Waals surface area contributed by atoms with Gasteiger partial charge in [0.2, 0.25) is 0 Å². The Balaban J connectivity index is 1.89. The molecule has 2 rings (SSSR count). The van der Waals surface area contributed by atoms with Crippen LogP contribution in [0, 0.1) is 11.3 Å². The summed E-state index contributed by atoms with van der Waals surface area (Å²) >= 11 is 0. The normalized spacial score (nSPS) is 27.7. The Labute approximate surface area is 98.7 Å². The van der Waals surface area contributed by atoms with E-state index in [2.05, 4.69) is 26.1 Å². The maximum atomic E-state index is 5.77. The second kappa shape index (κ2) is 4.74. The predicted octanol–water partition coefficient (Wildman–Crippen LogP) is 2.22. The van der Waals surface area contributed by atoms with Gasteiger partial charge in [-0.25, -0.2) is 4.99 Å². The fourth-order valence-corrected chi connectivity index (χ4v) is 2.54. The second-order valence-corrected chi connectivity index (χ2v) is 6.22. The standard InChI is InChI=1S/C13H24N2O/c1-13(2,3)8-11-9-16-12(15-11)10-4-6-14-7-5-10/h10-11,14H,4-9H2,1-3H3. The van der Waals surface area contributed by atoms with E-state index in [1.807, 2.05) is 0 Å². The molecule has 0 aromatic rings. The zero-order valence-corrected chi connectivity index (χ0v) is 10.8. The number of rotatable bonds is 2. The summed E-state index contributed by atoms with van der Waals surface area (Å²) in [7, 11) is 0. The summed E-state index contributed by atoms with van der Waals surface area (Å²) in [6.45, 7) is 9.83. The summed E-state index contributed by atoms with van der Waals surface area (Å²) in [5.41, 5.74) is 0.348. The van der Waals surface area contributed by atoms with Crippen LogP contribution in [-0.4, -0.2) is 31.6 Å². The third-order valence-electron chi connectivity index (χ3n) is 3.27. The minimum Gasteiger partial charge on any atom is -0.478 e. The molecule has 0 bridgehead atoms. The fraction of sp³-hybridized carbons (Fsp3) is 0.923. The zero-order valence-electron chi connectivity index (χ0n) is 10.8. The second-order valence-electron chi connectivity index (χ2n) is 6.22. The van der Waals surface area contributed by atoms with Gasteiger partial charge in [-0.1, -0.05) is 20.8 Å². The van der Waals surface area contributed by atoms with Crippen molar-refractivity contribution in [1.29, 1.82) is 0 Å². The largest absolute Gasteiger partial charge is 0.478 e. The molecule has 1 fully saturated rings. The van der Waals surface area contributed by atoms with Crippen molar-refractivity contribution in [1.82, 2.24) is 5.32 Å². The van der Waals surface area contributed by atoms with E-state index in [0.29, 0.717) is 17.4 Å². The monoisotopic (exact) mass is 224 g/mol. The van der Waals surface area contributed by atoms with Crippen molar-refractivity contribution in [2.45, 2.75) is 46.1 Å². The van der Waals surface area contributed by atoms with Crippen LogP contribution in [0.2, 0.25) is 0 Å². The van der Waals surface area contributed by atoms with Crippen molar-refractivity contribution in [3.8, 4) is 0 Å². The van der Waals surface area contributed by atoms with Gasteiger partial charge in [-0.05, 0) is 37.8 Å². The predicted molar refractivity (Wildman–Crippen MR) is 66.8 cm³/mol. The minimum atomic E-state index is 0.348. The summed E-state index contributed by atoms with van der Waals surface area (Å²) in [5, 5.41) is 3.38. The van der Waals surface area contributed by atoms with E-state index in [0.717, 1.165) is 32.0 Å². The molecular weight excluding hydrogens is 200 g/mol. The number of piperidine rings is 1. The Morgan fingerprint density at radius 3 is 2.62 bits per heavy atom. The van der Waals surface area contributed by atoms with Gasteiger partial charge in [0.15, 0.2) is 5.90 Å². The van der Waals surface area contributed by atoms with Gasteiger partial charge in [0, 0.05) is 5.92 Å². The van der Waals surface area contributed by atoms with Crippen molar-refractivity contribution in [2.24, 2.45) is 16.3 Å². The summed E-state index contributed by atoms with van der Waals surface area (Å²) in [6, 6.07) is 0.393. The highest BCUT2D eigenvalue weighted by Crippen LogP contribution is 2.27. The molecule has 3 heteroatoms. The molecule has 1 saturated heterocycles. The van der Waals surface area contributed by atoms with Gasteiger partial charge in [-0.2, -0.15) is 0 Å². The summed E-state index contributed by atoms with van der Waals surface area (Å²) < 4.78 is 5.77. The molecule has 92 valence electrons. The molecule has 3 nitrogen and oxygen atoms in total. The van der Waals surface area contributed by atoms with Crippen LogP contribution in [-0.2, 0) is 4.74 Å².